The van der Waals surface area contributed by atoms with Crippen molar-refractivity contribution in [3.8, 4) is 5.75 Å². The maximum Gasteiger partial charge on any atom is 0.122 e. The van der Waals surface area contributed by atoms with Crippen molar-refractivity contribution in [1.82, 2.24) is 5.32 Å². The number of para-hydroxylation sites is 1. The number of nitrogens with one attached hydrogen (secondary N) is 1. The minimum Gasteiger partial charge on any atom is -0.493 e. The van der Waals surface area contributed by atoms with E-state index in [2.05, 4.69) is 43.4 Å². The Hall–Kier alpha value is -1.02. The van der Waals surface area contributed by atoms with Gasteiger partial charge in [-0.2, -0.15) is 0 Å². The van der Waals surface area contributed by atoms with Crippen LogP contribution in [0.3, 0.4) is 0 Å². The second-order valence-electron chi connectivity index (χ2n) is 5.35. The normalized spacial score (nSPS) is 18.6. The molecule has 1 saturated heterocycles. The van der Waals surface area contributed by atoms with Crippen LogP contribution in [0.25, 0.3) is 0 Å². The molecular formula is C16H25NO. The highest BCUT2D eigenvalue weighted by molar-refractivity contribution is 5.35. The molecule has 0 unspecified atom stereocenters. The van der Waals surface area contributed by atoms with Crippen LogP contribution in [-0.4, -0.2) is 19.7 Å². The molecule has 2 heteroatoms. The van der Waals surface area contributed by atoms with Crippen molar-refractivity contribution < 1.29 is 4.74 Å². The molecule has 2 nitrogen and oxygen atoms in total. The Kier molecular flexibility index (Phi) is 5.06. The first-order chi connectivity index (χ1) is 8.81. The van der Waals surface area contributed by atoms with Gasteiger partial charge in [0, 0.05) is 0 Å². The lowest BCUT2D eigenvalue weighted by molar-refractivity contribution is 0.213. The van der Waals surface area contributed by atoms with E-state index < -0.39 is 0 Å². The van der Waals surface area contributed by atoms with Crippen LogP contribution in [0, 0.1) is 5.92 Å². The van der Waals surface area contributed by atoms with E-state index in [-0.39, 0.29) is 0 Å². The summed E-state index contributed by atoms with van der Waals surface area (Å²) in [6.45, 7) is 7.65. The molecule has 0 aliphatic carbocycles. The first-order valence-electron chi connectivity index (χ1n) is 7.23. The molecule has 0 radical (unpaired) electrons. The largest absolute Gasteiger partial charge is 0.493 e. The van der Waals surface area contributed by atoms with Gasteiger partial charge in [-0.3, -0.25) is 0 Å². The van der Waals surface area contributed by atoms with E-state index in [1.165, 1.54) is 18.4 Å². The van der Waals surface area contributed by atoms with Crippen LogP contribution in [-0.2, 0) is 0 Å². The van der Waals surface area contributed by atoms with Crippen LogP contribution in [0.15, 0.2) is 24.3 Å². The minimum atomic E-state index is 0.578. The van der Waals surface area contributed by atoms with Gasteiger partial charge in [-0.1, -0.05) is 32.0 Å². The third-order valence-electron chi connectivity index (χ3n) is 4.00. The lowest BCUT2D eigenvalue weighted by Gasteiger charge is -2.24. The molecule has 0 spiro atoms. The monoisotopic (exact) mass is 247 g/mol. The van der Waals surface area contributed by atoms with Gasteiger partial charge in [-0.25, -0.2) is 0 Å². The molecule has 1 aromatic rings. The summed E-state index contributed by atoms with van der Waals surface area (Å²) in [5.74, 6) is 2.39. The predicted molar refractivity (Wildman–Crippen MR) is 76.2 cm³/mol. The molecule has 1 fully saturated rings. The molecule has 2 rings (SSSR count). The van der Waals surface area contributed by atoms with Gasteiger partial charge in [0.1, 0.15) is 5.75 Å². The van der Waals surface area contributed by atoms with Gasteiger partial charge in [0.25, 0.3) is 0 Å². The molecule has 0 saturated carbocycles. The van der Waals surface area contributed by atoms with Crippen molar-refractivity contribution >= 4 is 0 Å². The van der Waals surface area contributed by atoms with Gasteiger partial charge in [0.15, 0.2) is 0 Å². The minimum absolute atomic E-state index is 0.578. The first-order valence-corrected chi connectivity index (χ1v) is 7.23. The highest BCUT2D eigenvalue weighted by atomic mass is 16.5. The summed E-state index contributed by atoms with van der Waals surface area (Å²) in [5.41, 5.74) is 1.36. The van der Waals surface area contributed by atoms with E-state index in [4.69, 9.17) is 4.74 Å². The number of rotatable bonds is 5. The van der Waals surface area contributed by atoms with E-state index in [9.17, 15) is 0 Å². The van der Waals surface area contributed by atoms with Gasteiger partial charge in [0.2, 0.25) is 0 Å². The molecule has 1 aromatic carbocycles. The molecule has 1 aliphatic rings. The zero-order valence-electron chi connectivity index (χ0n) is 11.6. The summed E-state index contributed by atoms with van der Waals surface area (Å²) >= 11 is 0. The van der Waals surface area contributed by atoms with E-state index in [1.54, 1.807) is 0 Å². The average Bonchev–Trinajstić information content (AvgIpc) is 2.45. The van der Waals surface area contributed by atoms with Gasteiger partial charge in [0.05, 0.1) is 6.61 Å². The summed E-state index contributed by atoms with van der Waals surface area (Å²) in [4.78, 5) is 0. The van der Waals surface area contributed by atoms with Gasteiger partial charge in [-0.05, 0) is 55.8 Å². The Morgan fingerprint density at radius 3 is 2.72 bits per heavy atom. The van der Waals surface area contributed by atoms with E-state index in [0.29, 0.717) is 5.92 Å². The summed E-state index contributed by atoms with van der Waals surface area (Å²) in [6.07, 6.45) is 3.64. The topological polar surface area (TPSA) is 21.3 Å². The summed E-state index contributed by atoms with van der Waals surface area (Å²) in [6, 6.07) is 8.50. The number of benzene rings is 1. The summed E-state index contributed by atoms with van der Waals surface area (Å²) in [5, 5.41) is 3.40. The molecule has 1 heterocycles. The molecular weight excluding hydrogens is 222 g/mol. The van der Waals surface area contributed by atoms with Crippen molar-refractivity contribution in [1.29, 1.82) is 0 Å². The molecule has 1 aliphatic heterocycles. The van der Waals surface area contributed by atoms with Crippen molar-refractivity contribution in [2.75, 3.05) is 19.7 Å². The second-order valence-corrected chi connectivity index (χ2v) is 5.35. The Balaban J connectivity index is 1.95. The van der Waals surface area contributed by atoms with E-state index in [0.717, 1.165) is 37.8 Å². The van der Waals surface area contributed by atoms with Gasteiger partial charge in [-0.15, -0.1) is 0 Å². The van der Waals surface area contributed by atoms with Crippen LogP contribution < -0.4 is 10.1 Å². The van der Waals surface area contributed by atoms with E-state index >= 15 is 0 Å². The lowest BCUT2D eigenvalue weighted by Crippen LogP contribution is -2.30. The number of ether oxygens (including phenoxy) is 1. The Morgan fingerprint density at radius 1 is 1.28 bits per heavy atom. The highest BCUT2D eigenvalue weighted by Gasteiger charge is 2.15. The van der Waals surface area contributed by atoms with Crippen LogP contribution in [0.5, 0.6) is 5.75 Å². The standard InChI is InChI=1S/C16H25NO/c1-3-13(2)15-6-4-5-7-16(15)18-12-14-8-10-17-11-9-14/h4-7,13-14,17H,3,8-12H2,1-2H3/t13-/m1/s1. The fourth-order valence-corrected chi connectivity index (χ4v) is 2.50. The maximum atomic E-state index is 6.07. The molecule has 1 N–H and O–H groups in total. The number of hydrogen-bond acceptors (Lipinski definition) is 2. The van der Waals surface area contributed by atoms with Crippen molar-refractivity contribution in [3.05, 3.63) is 29.8 Å². The van der Waals surface area contributed by atoms with Crippen molar-refractivity contribution in [3.63, 3.8) is 0 Å². The number of hydrogen-bond donors (Lipinski definition) is 1. The SMILES string of the molecule is CC[C@@H](C)c1ccccc1OCC1CCNCC1. The van der Waals surface area contributed by atoms with Crippen LogP contribution in [0.2, 0.25) is 0 Å². The zero-order chi connectivity index (χ0) is 12.8. The molecule has 1 atom stereocenters. The second kappa shape index (κ2) is 6.79. The van der Waals surface area contributed by atoms with Crippen molar-refractivity contribution in [2.24, 2.45) is 5.92 Å². The quantitative estimate of drug-likeness (QED) is 0.858. The molecule has 0 aromatic heterocycles. The smallest absolute Gasteiger partial charge is 0.122 e. The molecule has 18 heavy (non-hydrogen) atoms. The van der Waals surface area contributed by atoms with Crippen molar-refractivity contribution in [2.45, 2.75) is 39.0 Å². The van der Waals surface area contributed by atoms with Gasteiger partial charge >= 0.3 is 0 Å². The Morgan fingerprint density at radius 2 is 2.00 bits per heavy atom. The summed E-state index contributed by atoms with van der Waals surface area (Å²) in [7, 11) is 0. The lowest BCUT2D eigenvalue weighted by atomic mass is 9.97. The predicted octanol–water partition coefficient (Wildman–Crippen LogP) is 3.58. The first kappa shape index (κ1) is 13.4. The average molecular weight is 247 g/mol. The number of piperidine rings is 1. The van der Waals surface area contributed by atoms with Crippen LogP contribution in [0.1, 0.15) is 44.6 Å². The molecule has 0 amide bonds. The van der Waals surface area contributed by atoms with E-state index in [1.807, 2.05) is 0 Å². The summed E-state index contributed by atoms with van der Waals surface area (Å²) < 4.78 is 6.07. The highest BCUT2D eigenvalue weighted by Crippen LogP contribution is 2.29. The third kappa shape index (κ3) is 3.49. The fraction of sp³-hybridized carbons (Fsp3) is 0.625. The van der Waals surface area contributed by atoms with Crippen LogP contribution >= 0.6 is 0 Å². The molecule has 0 bridgehead atoms. The maximum absolute atomic E-state index is 6.07. The Labute approximate surface area is 111 Å². The van der Waals surface area contributed by atoms with Gasteiger partial charge < -0.3 is 10.1 Å². The Bertz CT molecular complexity index is 358. The molecule has 100 valence electrons. The zero-order valence-corrected chi connectivity index (χ0v) is 11.6. The third-order valence-corrected chi connectivity index (χ3v) is 4.00. The fourth-order valence-electron chi connectivity index (χ4n) is 2.50. The van der Waals surface area contributed by atoms with Crippen LogP contribution in [0.4, 0.5) is 0 Å².